The van der Waals surface area contributed by atoms with Gasteiger partial charge in [-0.3, -0.25) is 9.78 Å². The first-order valence-corrected chi connectivity index (χ1v) is 5.82. The van der Waals surface area contributed by atoms with Crippen molar-refractivity contribution in [2.24, 2.45) is 0 Å². The molecule has 1 heterocycles. The normalized spacial score (nSPS) is 19.3. The molecule has 3 heteroatoms. The van der Waals surface area contributed by atoms with Gasteiger partial charge in [0.05, 0.1) is 5.69 Å². The number of aryl methyl sites for hydroxylation is 1. The Morgan fingerprint density at radius 2 is 2.00 bits per heavy atom. The highest BCUT2D eigenvalue weighted by molar-refractivity contribution is 5.80. The van der Waals surface area contributed by atoms with Crippen LogP contribution in [-0.4, -0.2) is 16.1 Å². The van der Waals surface area contributed by atoms with Crippen molar-refractivity contribution in [2.75, 3.05) is 0 Å². The Kier molecular flexibility index (Phi) is 2.95. The van der Waals surface area contributed by atoms with E-state index in [1.54, 1.807) is 6.20 Å². The molecule has 1 saturated carbocycles. The van der Waals surface area contributed by atoms with Gasteiger partial charge in [-0.15, -0.1) is 0 Å². The zero-order chi connectivity index (χ0) is 11.6. The molecule has 1 aliphatic rings. The Morgan fingerprint density at radius 1 is 1.31 bits per heavy atom. The van der Waals surface area contributed by atoms with E-state index in [1.165, 1.54) is 0 Å². The summed E-state index contributed by atoms with van der Waals surface area (Å²) < 4.78 is 0. The van der Waals surface area contributed by atoms with E-state index >= 15 is 0 Å². The number of nitrogens with zero attached hydrogens (tertiary/aromatic N) is 1. The van der Waals surface area contributed by atoms with E-state index in [0.29, 0.717) is 0 Å². The Labute approximate surface area is 95.5 Å². The van der Waals surface area contributed by atoms with Crippen molar-refractivity contribution in [3.63, 3.8) is 0 Å². The molecule has 0 radical (unpaired) electrons. The third-order valence-electron chi connectivity index (χ3n) is 3.52. The lowest BCUT2D eigenvalue weighted by Gasteiger charge is -2.32. The van der Waals surface area contributed by atoms with Crippen LogP contribution in [0.5, 0.6) is 0 Å². The maximum atomic E-state index is 11.5. The van der Waals surface area contributed by atoms with Crippen LogP contribution in [-0.2, 0) is 10.2 Å². The van der Waals surface area contributed by atoms with E-state index in [0.717, 1.165) is 43.4 Å². The average molecular weight is 219 g/mol. The van der Waals surface area contributed by atoms with Crippen LogP contribution in [0.1, 0.15) is 43.4 Å². The number of aliphatic carboxylic acids is 1. The lowest BCUT2D eigenvalue weighted by Crippen LogP contribution is -2.38. The summed E-state index contributed by atoms with van der Waals surface area (Å²) in [7, 11) is 0. The third-order valence-corrected chi connectivity index (χ3v) is 3.52. The van der Waals surface area contributed by atoms with Crippen molar-refractivity contribution >= 4 is 5.97 Å². The van der Waals surface area contributed by atoms with E-state index in [1.807, 2.05) is 19.1 Å². The first-order valence-electron chi connectivity index (χ1n) is 5.82. The molecule has 2 rings (SSSR count). The zero-order valence-corrected chi connectivity index (χ0v) is 9.57. The van der Waals surface area contributed by atoms with Crippen LogP contribution in [0.25, 0.3) is 0 Å². The molecule has 1 aromatic rings. The fraction of sp³-hybridized carbons (Fsp3) is 0.538. The van der Waals surface area contributed by atoms with Crippen LogP contribution in [0, 0.1) is 6.92 Å². The second-order valence-corrected chi connectivity index (χ2v) is 4.67. The number of pyridine rings is 1. The monoisotopic (exact) mass is 219 g/mol. The van der Waals surface area contributed by atoms with Crippen LogP contribution in [0.4, 0.5) is 0 Å². The average Bonchev–Trinajstić information content (AvgIpc) is 2.30. The lowest BCUT2D eigenvalue weighted by molar-refractivity contribution is -0.145. The summed E-state index contributed by atoms with van der Waals surface area (Å²) in [4.78, 5) is 15.8. The summed E-state index contributed by atoms with van der Waals surface area (Å²) in [6.45, 7) is 1.96. The van der Waals surface area contributed by atoms with E-state index in [-0.39, 0.29) is 0 Å². The largest absolute Gasteiger partial charge is 0.481 e. The van der Waals surface area contributed by atoms with Crippen molar-refractivity contribution < 1.29 is 9.90 Å². The predicted octanol–water partition coefficient (Wildman–Crippen LogP) is 2.68. The molecule has 1 N–H and O–H groups in total. The Morgan fingerprint density at radius 3 is 2.50 bits per heavy atom. The highest BCUT2D eigenvalue weighted by Gasteiger charge is 2.42. The van der Waals surface area contributed by atoms with E-state index < -0.39 is 11.4 Å². The molecule has 16 heavy (non-hydrogen) atoms. The minimum atomic E-state index is -0.730. The van der Waals surface area contributed by atoms with Crippen molar-refractivity contribution in [3.8, 4) is 0 Å². The van der Waals surface area contributed by atoms with Crippen LogP contribution in [0.3, 0.4) is 0 Å². The number of hydrogen-bond donors (Lipinski definition) is 1. The summed E-state index contributed by atoms with van der Waals surface area (Å²) in [5, 5.41) is 9.47. The molecule has 1 aliphatic carbocycles. The van der Waals surface area contributed by atoms with Crippen molar-refractivity contribution in [2.45, 2.75) is 44.4 Å². The Bertz CT molecular complexity index is 377. The SMILES string of the molecule is Cc1ccc(C2(C(=O)O)CCCCC2)nc1. The molecule has 0 aromatic carbocycles. The fourth-order valence-electron chi connectivity index (χ4n) is 2.49. The molecule has 1 fully saturated rings. The standard InChI is InChI=1S/C13H17NO2/c1-10-5-6-11(14-9-10)13(12(15)16)7-3-2-4-8-13/h5-6,9H,2-4,7-8H2,1H3,(H,15,16). The quantitative estimate of drug-likeness (QED) is 0.832. The van der Waals surface area contributed by atoms with Gasteiger partial charge in [-0.1, -0.05) is 25.3 Å². The first-order chi connectivity index (χ1) is 7.65. The molecule has 3 nitrogen and oxygen atoms in total. The van der Waals surface area contributed by atoms with Gasteiger partial charge in [0, 0.05) is 6.20 Å². The molecule has 0 amide bonds. The minimum absolute atomic E-state index is 0.719. The zero-order valence-electron chi connectivity index (χ0n) is 9.57. The molecule has 0 saturated heterocycles. The van der Waals surface area contributed by atoms with Gasteiger partial charge in [-0.25, -0.2) is 0 Å². The first kappa shape index (κ1) is 11.1. The number of hydrogen-bond acceptors (Lipinski definition) is 2. The number of aromatic nitrogens is 1. The Hall–Kier alpha value is -1.38. The molecule has 0 atom stereocenters. The van der Waals surface area contributed by atoms with Gasteiger partial charge in [0.25, 0.3) is 0 Å². The van der Waals surface area contributed by atoms with Gasteiger partial charge in [-0.2, -0.15) is 0 Å². The van der Waals surface area contributed by atoms with Gasteiger partial charge in [0.2, 0.25) is 0 Å². The highest BCUT2D eigenvalue weighted by atomic mass is 16.4. The number of carboxylic acid groups (broad SMARTS) is 1. The second kappa shape index (κ2) is 4.24. The molecule has 0 unspecified atom stereocenters. The molecule has 0 spiro atoms. The summed E-state index contributed by atoms with van der Waals surface area (Å²) >= 11 is 0. The van der Waals surface area contributed by atoms with Gasteiger partial charge in [-0.05, 0) is 31.4 Å². The number of carbonyl (C=O) groups is 1. The van der Waals surface area contributed by atoms with E-state index in [2.05, 4.69) is 4.98 Å². The van der Waals surface area contributed by atoms with Crippen LogP contribution in [0.15, 0.2) is 18.3 Å². The summed E-state index contributed by atoms with van der Waals surface area (Å²) in [5.74, 6) is -0.719. The highest BCUT2D eigenvalue weighted by Crippen LogP contribution is 2.38. The number of rotatable bonds is 2. The minimum Gasteiger partial charge on any atom is -0.481 e. The molecule has 86 valence electrons. The molecule has 1 aromatic heterocycles. The van der Waals surface area contributed by atoms with Crippen LogP contribution >= 0.6 is 0 Å². The fourth-order valence-corrected chi connectivity index (χ4v) is 2.49. The number of carboxylic acids is 1. The van der Waals surface area contributed by atoms with Gasteiger partial charge in [0.15, 0.2) is 0 Å². The smallest absolute Gasteiger partial charge is 0.315 e. The topological polar surface area (TPSA) is 50.2 Å². The van der Waals surface area contributed by atoms with Crippen LogP contribution < -0.4 is 0 Å². The van der Waals surface area contributed by atoms with Crippen LogP contribution in [0.2, 0.25) is 0 Å². The molecule has 0 aliphatic heterocycles. The maximum Gasteiger partial charge on any atom is 0.315 e. The maximum absolute atomic E-state index is 11.5. The summed E-state index contributed by atoms with van der Waals surface area (Å²) in [5.41, 5.74) is 1.07. The molecular weight excluding hydrogens is 202 g/mol. The third kappa shape index (κ3) is 1.82. The second-order valence-electron chi connectivity index (χ2n) is 4.67. The van der Waals surface area contributed by atoms with Gasteiger partial charge < -0.3 is 5.11 Å². The van der Waals surface area contributed by atoms with Gasteiger partial charge in [0.1, 0.15) is 5.41 Å². The van der Waals surface area contributed by atoms with E-state index in [9.17, 15) is 9.90 Å². The van der Waals surface area contributed by atoms with Crippen molar-refractivity contribution in [1.82, 2.24) is 4.98 Å². The lowest BCUT2D eigenvalue weighted by atomic mass is 9.71. The Balaban J connectivity index is 2.38. The summed E-state index contributed by atoms with van der Waals surface area (Å²) in [6, 6.07) is 3.82. The predicted molar refractivity (Wildman–Crippen MR) is 61.4 cm³/mol. The summed E-state index contributed by atoms with van der Waals surface area (Å²) in [6.07, 6.45) is 6.32. The molecular formula is C13H17NO2. The van der Waals surface area contributed by atoms with E-state index in [4.69, 9.17) is 0 Å². The van der Waals surface area contributed by atoms with Gasteiger partial charge >= 0.3 is 5.97 Å². The van der Waals surface area contributed by atoms with Crippen molar-refractivity contribution in [3.05, 3.63) is 29.6 Å². The molecule has 0 bridgehead atoms. The van der Waals surface area contributed by atoms with Crippen molar-refractivity contribution in [1.29, 1.82) is 0 Å².